The van der Waals surface area contributed by atoms with Gasteiger partial charge in [0.25, 0.3) is 5.91 Å². The number of rotatable bonds is 7. The number of nitrogen functional groups attached to an aromatic ring is 1. The van der Waals surface area contributed by atoms with Crippen molar-refractivity contribution in [2.75, 3.05) is 19.3 Å². The third kappa shape index (κ3) is 6.30. The Morgan fingerprint density at radius 3 is 2.35 bits per heavy atom. The zero-order valence-corrected chi connectivity index (χ0v) is 23.1. The Hall–Kier alpha value is -3.86. The van der Waals surface area contributed by atoms with E-state index in [0.717, 1.165) is 23.3 Å². The predicted molar refractivity (Wildman–Crippen MR) is 152 cm³/mol. The van der Waals surface area contributed by atoms with Crippen LogP contribution in [-0.2, 0) is 29.2 Å². The van der Waals surface area contributed by atoms with Gasteiger partial charge < -0.3 is 20.7 Å². The number of anilines is 1. The summed E-state index contributed by atoms with van der Waals surface area (Å²) in [5, 5.41) is 3.27. The van der Waals surface area contributed by atoms with Gasteiger partial charge in [0, 0.05) is 30.6 Å². The molecule has 8 nitrogen and oxygen atoms in total. The zero-order valence-electron chi connectivity index (χ0n) is 21.4. The first-order valence-electron chi connectivity index (χ1n) is 12.1. The first kappa shape index (κ1) is 30.7. The number of fused-ring (bicyclic) bond motifs is 2. The molecule has 1 amide bonds. The number of carbonyl (C=O) groups is 2. The Morgan fingerprint density at radius 1 is 1.00 bits per heavy atom. The Morgan fingerprint density at radius 2 is 1.68 bits per heavy atom. The molecule has 2 heterocycles. The lowest BCUT2D eigenvalue weighted by Crippen LogP contribution is -2.27. The maximum Gasteiger partial charge on any atom is 0.307 e. The molecule has 12 heteroatoms. The van der Waals surface area contributed by atoms with Crippen LogP contribution >= 0.6 is 24.8 Å². The molecule has 5 rings (SSSR count). The molecule has 3 N–H and O–H groups in total. The smallest absolute Gasteiger partial charge is 0.307 e. The molecule has 0 unspecified atom stereocenters. The van der Waals surface area contributed by atoms with Crippen LogP contribution in [0.2, 0.25) is 0 Å². The number of nitrogens with zero attached hydrogens (tertiary/aromatic N) is 3. The number of hydrogen-bond acceptors (Lipinski definition) is 7. The summed E-state index contributed by atoms with van der Waals surface area (Å²) in [5.74, 6) is -2.95. The number of ether oxygens (including phenoxy) is 1. The molecule has 0 bridgehead atoms. The van der Waals surface area contributed by atoms with E-state index in [1.807, 2.05) is 24.3 Å². The van der Waals surface area contributed by atoms with Crippen LogP contribution in [0.15, 0.2) is 54.6 Å². The van der Waals surface area contributed by atoms with Crippen LogP contribution in [0, 0.1) is 11.6 Å². The molecule has 1 aromatic heterocycles. The van der Waals surface area contributed by atoms with Crippen molar-refractivity contribution in [1.82, 2.24) is 20.2 Å². The monoisotopic (exact) mass is 589 g/mol. The molecule has 0 aliphatic carbocycles. The number of halogens is 4. The van der Waals surface area contributed by atoms with E-state index in [-0.39, 0.29) is 61.0 Å². The van der Waals surface area contributed by atoms with Gasteiger partial charge in [0.2, 0.25) is 5.95 Å². The molecule has 0 spiro atoms. The lowest BCUT2D eigenvalue weighted by Gasteiger charge is -2.17. The third-order valence-corrected chi connectivity index (χ3v) is 6.47. The summed E-state index contributed by atoms with van der Waals surface area (Å²) in [6.07, 6.45) is 0.135. The molecule has 4 aromatic rings. The second-order valence-electron chi connectivity index (χ2n) is 9.03. The van der Waals surface area contributed by atoms with Crippen LogP contribution in [0.1, 0.15) is 33.6 Å². The summed E-state index contributed by atoms with van der Waals surface area (Å²) in [5.41, 5.74) is 9.66. The molecular formula is C28H27Cl2F2N5O3. The fourth-order valence-corrected chi connectivity index (χ4v) is 4.54. The lowest BCUT2D eigenvalue weighted by molar-refractivity contribution is -0.144. The summed E-state index contributed by atoms with van der Waals surface area (Å²) in [6, 6.07) is 14.8. The molecule has 1 aliphatic rings. The second kappa shape index (κ2) is 13.0. The van der Waals surface area contributed by atoms with Gasteiger partial charge in [-0.05, 0) is 53.6 Å². The molecular weight excluding hydrogens is 563 g/mol. The molecule has 3 aromatic carbocycles. The highest BCUT2D eigenvalue weighted by atomic mass is 35.5. The number of hydrogen-bond donors (Lipinski definition) is 2. The van der Waals surface area contributed by atoms with Crippen molar-refractivity contribution in [3.05, 3.63) is 88.6 Å². The van der Waals surface area contributed by atoms with E-state index in [1.165, 1.54) is 0 Å². The molecule has 0 fully saturated rings. The summed E-state index contributed by atoms with van der Waals surface area (Å²) < 4.78 is 33.8. The number of carbonyl (C=O) groups excluding carboxylic acids is 2. The van der Waals surface area contributed by atoms with Gasteiger partial charge in [-0.2, -0.15) is 0 Å². The van der Waals surface area contributed by atoms with Gasteiger partial charge in [-0.15, -0.1) is 24.8 Å². The maximum absolute atomic E-state index is 14.3. The van der Waals surface area contributed by atoms with Gasteiger partial charge in [-0.3, -0.25) is 9.59 Å². The van der Waals surface area contributed by atoms with Gasteiger partial charge in [-0.25, -0.2) is 18.7 Å². The second-order valence-corrected chi connectivity index (χ2v) is 9.03. The van der Waals surface area contributed by atoms with E-state index in [2.05, 4.69) is 15.3 Å². The Labute approximate surface area is 241 Å². The van der Waals surface area contributed by atoms with E-state index in [0.29, 0.717) is 41.7 Å². The van der Waals surface area contributed by atoms with E-state index in [4.69, 9.17) is 10.5 Å². The van der Waals surface area contributed by atoms with Gasteiger partial charge in [-0.1, -0.05) is 30.3 Å². The Kier molecular flexibility index (Phi) is 9.97. The number of benzene rings is 3. The van der Waals surface area contributed by atoms with Gasteiger partial charge in [0.15, 0.2) is 11.6 Å². The van der Waals surface area contributed by atoms with E-state index in [1.54, 1.807) is 30.1 Å². The highest BCUT2D eigenvalue weighted by Crippen LogP contribution is 2.32. The summed E-state index contributed by atoms with van der Waals surface area (Å²) >= 11 is 0. The summed E-state index contributed by atoms with van der Waals surface area (Å²) in [7, 11) is 1.71. The minimum absolute atomic E-state index is 0. The van der Waals surface area contributed by atoms with Crippen molar-refractivity contribution >= 4 is 53.5 Å². The molecule has 40 heavy (non-hydrogen) atoms. The fourth-order valence-electron chi connectivity index (χ4n) is 4.54. The number of amides is 1. The average Bonchev–Trinajstić information content (AvgIpc) is 3.35. The third-order valence-electron chi connectivity index (χ3n) is 6.47. The van der Waals surface area contributed by atoms with Crippen LogP contribution in [0.5, 0.6) is 0 Å². The minimum atomic E-state index is -1.06. The van der Waals surface area contributed by atoms with Gasteiger partial charge in [0.1, 0.15) is 12.3 Å². The zero-order chi connectivity index (χ0) is 26.8. The Balaban J connectivity index is 0.00000220. The summed E-state index contributed by atoms with van der Waals surface area (Å²) in [6.45, 7) is 1.05. The highest BCUT2D eigenvalue weighted by molar-refractivity contribution is 6.06. The normalized spacial score (nSPS) is 11.9. The van der Waals surface area contributed by atoms with Crippen LogP contribution in [-0.4, -0.2) is 40.3 Å². The molecule has 0 atom stereocenters. The van der Waals surface area contributed by atoms with E-state index in [9.17, 15) is 18.4 Å². The maximum atomic E-state index is 14.3. The quantitative estimate of drug-likeness (QED) is 0.298. The first-order valence-corrected chi connectivity index (χ1v) is 12.1. The number of esters is 1. The topological polar surface area (TPSA) is 110 Å². The first-order chi connectivity index (χ1) is 18.3. The molecule has 0 saturated heterocycles. The molecule has 1 aliphatic heterocycles. The van der Waals surface area contributed by atoms with Crippen LogP contribution in [0.4, 0.5) is 14.7 Å². The lowest BCUT2D eigenvalue weighted by atomic mass is 9.97. The summed E-state index contributed by atoms with van der Waals surface area (Å²) in [4.78, 5) is 35.7. The van der Waals surface area contributed by atoms with Gasteiger partial charge in [0.05, 0.1) is 11.9 Å². The molecule has 0 radical (unpaired) electrons. The molecule has 210 valence electrons. The van der Waals surface area contributed by atoms with Gasteiger partial charge >= 0.3 is 5.97 Å². The van der Waals surface area contributed by atoms with Crippen molar-refractivity contribution in [3.8, 4) is 11.1 Å². The SMILES string of the molecule is CNCCC(=O)OCc1cc(F)c(F)cc1-c1ccc2nc(N)nc(C(=O)N3Cc4ccccc4C3)c2c1.Cl.Cl. The largest absolute Gasteiger partial charge is 0.461 e. The van der Waals surface area contributed by atoms with Crippen LogP contribution < -0.4 is 11.1 Å². The van der Waals surface area contributed by atoms with Crippen molar-refractivity contribution in [2.24, 2.45) is 0 Å². The standard InChI is InChI=1S/C28H25F2N5O3.2ClH/c1-32-9-8-25(36)38-15-19-11-22(29)23(30)12-20(19)16-6-7-24-21(10-16)26(34-28(31)33-24)27(37)35-13-17-4-2-3-5-18(17)14-35;;/h2-7,10-12,32H,8-9,13-15H2,1H3,(H2,31,33,34);2*1H. The predicted octanol–water partition coefficient (Wildman–Crippen LogP) is 4.81. The Bertz CT molecular complexity index is 1550. The number of nitrogens with one attached hydrogen (secondary N) is 1. The van der Waals surface area contributed by atoms with Crippen molar-refractivity contribution in [3.63, 3.8) is 0 Å². The number of aromatic nitrogens is 2. The van der Waals surface area contributed by atoms with Crippen molar-refractivity contribution in [2.45, 2.75) is 26.1 Å². The van der Waals surface area contributed by atoms with Crippen LogP contribution in [0.3, 0.4) is 0 Å². The highest BCUT2D eigenvalue weighted by Gasteiger charge is 2.27. The van der Waals surface area contributed by atoms with E-state index >= 15 is 0 Å². The van der Waals surface area contributed by atoms with Crippen LogP contribution in [0.25, 0.3) is 22.0 Å². The van der Waals surface area contributed by atoms with E-state index < -0.39 is 17.6 Å². The van der Waals surface area contributed by atoms with Crippen molar-refractivity contribution < 1.29 is 23.1 Å². The molecule has 0 saturated carbocycles. The minimum Gasteiger partial charge on any atom is -0.461 e. The average molecular weight is 590 g/mol. The number of nitrogens with two attached hydrogens (primary N) is 1. The van der Waals surface area contributed by atoms with Crippen molar-refractivity contribution in [1.29, 1.82) is 0 Å². The fraction of sp³-hybridized carbons (Fsp3) is 0.214.